The second kappa shape index (κ2) is 11.4. The average Bonchev–Trinajstić information content (AvgIpc) is 3.59. The van der Waals surface area contributed by atoms with E-state index in [1.54, 1.807) is 6.92 Å². The highest BCUT2D eigenvalue weighted by molar-refractivity contribution is 7.99. The molecule has 1 amide bonds. The molecule has 12 heteroatoms. The molecule has 0 aliphatic carbocycles. The lowest BCUT2D eigenvalue weighted by molar-refractivity contribution is -0.113. The molecule has 3 aromatic heterocycles. The minimum atomic E-state index is -0.424. The van der Waals surface area contributed by atoms with Crippen molar-refractivity contribution < 1.29 is 19.1 Å². The van der Waals surface area contributed by atoms with Crippen molar-refractivity contribution in [3.05, 3.63) is 39.8 Å². The monoisotopic (exact) mass is 518 g/mol. The zero-order valence-electron chi connectivity index (χ0n) is 20.4. The summed E-state index contributed by atoms with van der Waals surface area (Å²) in [6.07, 6.45) is 4.03. The van der Waals surface area contributed by atoms with Crippen LogP contribution >= 0.6 is 23.1 Å². The number of amides is 1. The number of anilines is 1. The second-order valence-corrected chi connectivity index (χ2v) is 10.5. The summed E-state index contributed by atoms with van der Waals surface area (Å²) in [6.45, 7) is 9.63. The van der Waals surface area contributed by atoms with Crippen LogP contribution in [0.1, 0.15) is 52.1 Å². The van der Waals surface area contributed by atoms with Gasteiger partial charge in [-0.3, -0.25) is 9.48 Å². The summed E-state index contributed by atoms with van der Waals surface area (Å²) in [5, 5.41) is 17.2. The Labute approximate surface area is 212 Å². The van der Waals surface area contributed by atoms with Crippen LogP contribution < -0.4 is 5.32 Å². The highest BCUT2D eigenvalue weighted by Gasteiger charge is 2.24. The van der Waals surface area contributed by atoms with Crippen molar-refractivity contribution in [1.82, 2.24) is 24.5 Å². The molecule has 0 saturated carbocycles. The zero-order chi connectivity index (χ0) is 24.9. The van der Waals surface area contributed by atoms with Gasteiger partial charge >= 0.3 is 5.97 Å². The van der Waals surface area contributed by atoms with Gasteiger partial charge in [0.05, 0.1) is 36.3 Å². The molecule has 0 aromatic carbocycles. The van der Waals surface area contributed by atoms with Crippen LogP contribution in [0.2, 0.25) is 0 Å². The van der Waals surface area contributed by atoms with Gasteiger partial charge in [-0.25, -0.2) is 4.79 Å². The van der Waals surface area contributed by atoms with E-state index in [0.29, 0.717) is 28.8 Å². The molecule has 4 heterocycles. The van der Waals surface area contributed by atoms with E-state index in [0.717, 1.165) is 41.4 Å². The summed E-state index contributed by atoms with van der Waals surface area (Å²) in [5.74, 6) is 0.244. The fraction of sp³-hybridized carbons (Fsp3) is 0.522. The molecule has 1 fully saturated rings. The summed E-state index contributed by atoms with van der Waals surface area (Å²) in [7, 11) is 0. The second-order valence-electron chi connectivity index (χ2n) is 8.34. The van der Waals surface area contributed by atoms with E-state index >= 15 is 0 Å². The molecule has 0 radical (unpaired) electrons. The Morgan fingerprint density at radius 3 is 2.83 bits per heavy atom. The number of nitrogens with zero attached hydrogens (tertiary/aromatic N) is 5. The van der Waals surface area contributed by atoms with Crippen LogP contribution in [0.5, 0.6) is 0 Å². The average molecular weight is 519 g/mol. The molecule has 0 bridgehead atoms. The number of thiophene rings is 1. The van der Waals surface area contributed by atoms with Crippen LogP contribution in [-0.2, 0) is 27.4 Å². The number of ether oxygens (including phenoxy) is 2. The minimum absolute atomic E-state index is 0.0986. The summed E-state index contributed by atoms with van der Waals surface area (Å²) < 4.78 is 14.9. The molecular weight excluding hydrogens is 488 g/mol. The number of aromatic nitrogens is 5. The van der Waals surface area contributed by atoms with Gasteiger partial charge in [-0.05, 0) is 52.2 Å². The summed E-state index contributed by atoms with van der Waals surface area (Å²) >= 11 is 2.69. The van der Waals surface area contributed by atoms with Crippen LogP contribution in [0.25, 0.3) is 0 Å². The summed E-state index contributed by atoms with van der Waals surface area (Å²) in [5.41, 5.74) is 2.18. The first-order chi connectivity index (χ1) is 16.9. The van der Waals surface area contributed by atoms with Crippen LogP contribution in [0.15, 0.2) is 17.4 Å². The lowest BCUT2D eigenvalue weighted by Gasteiger charge is -2.14. The van der Waals surface area contributed by atoms with Crippen LogP contribution in [0.4, 0.5) is 5.00 Å². The molecule has 3 aromatic rings. The third-order valence-electron chi connectivity index (χ3n) is 5.73. The Hall–Kier alpha value is -2.70. The van der Waals surface area contributed by atoms with Crippen molar-refractivity contribution in [3.63, 3.8) is 0 Å². The van der Waals surface area contributed by atoms with Gasteiger partial charge < -0.3 is 19.4 Å². The number of carbonyl (C=O) groups is 2. The third-order valence-corrected chi connectivity index (χ3v) is 7.82. The maximum absolute atomic E-state index is 12.8. The van der Waals surface area contributed by atoms with E-state index in [2.05, 4.69) is 20.6 Å². The lowest BCUT2D eigenvalue weighted by atomic mass is 10.1. The van der Waals surface area contributed by atoms with E-state index in [1.165, 1.54) is 23.1 Å². The van der Waals surface area contributed by atoms with Crippen molar-refractivity contribution in [1.29, 1.82) is 0 Å². The normalized spacial score (nSPS) is 15.5. The summed E-state index contributed by atoms with van der Waals surface area (Å²) in [4.78, 5) is 26.2. The van der Waals surface area contributed by atoms with Crippen LogP contribution in [0.3, 0.4) is 0 Å². The molecule has 1 saturated heterocycles. The quantitative estimate of drug-likeness (QED) is 0.320. The number of carbonyl (C=O) groups excluding carboxylic acids is 2. The smallest absolute Gasteiger partial charge is 0.341 e. The summed E-state index contributed by atoms with van der Waals surface area (Å²) in [6, 6.07) is 1.94. The predicted molar refractivity (Wildman–Crippen MR) is 134 cm³/mol. The fourth-order valence-electron chi connectivity index (χ4n) is 3.87. The van der Waals surface area contributed by atoms with Gasteiger partial charge in [0.25, 0.3) is 0 Å². The molecule has 35 heavy (non-hydrogen) atoms. The number of hydrogen-bond donors (Lipinski definition) is 1. The lowest BCUT2D eigenvalue weighted by Crippen LogP contribution is -2.20. The van der Waals surface area contributed by atoms with Crippen molar-refractivity contribution in [2.24, 2.45) is 0 Å². The maximum atomic E-state index is 12.8. The zero-order valence-corrected chi connectivity index (χ0v) is 22.0. The van der Waals surface area contributed by atoms with Crippen molar-refractivity contribution in [2.45, 2.75) is 64.9 Å². The molecule has 10 nitrogen and oxygen atoms in total. The molecule has 0 unspecified atom stereocenters. The number of nitrogens with one attached hydrogen (secondary N) is 1. The van der Waals surface area contributed by atoms with E-state index in [9.17, 15) is 9.59 Å². The van der Waals surface area contributed by atoms with Crippen molar-refractivity contribution in [2.75, 3.05) is 24.3 Å². The SMILES string of the molecule is CCOC(=O)c1c(NC(=O)CSc2nnc(Cn3ccc(C)n3)n2C[C@@H]2CCCO2)sc(C)c1C. The number of esters is 1. The van der Waals surface area contributed by atoms with Gasteiger partial charge in [-0.1, -0.05) is 11.8 Å². The van der Waals surface area contributed by atoms with E-state index in [-0.39, 0.29) is 24.4 Å². The molecule has 1 N–H and O–H groups in total. The van der Waals surface area contributed by atoms with Crippen molar-refractivity contribution in [3.8, 4) is 0 Å². The number of rotatable bonds is 10. The molecule has 0 spiro atoms. The molecular formula is C23H30N6O4S2. The standard InChI is InChI=1S/C23H30N6O4S2/c1-5-32-22(31)20-15(3)16(4)35-21(20)24-19(30)13-34-23-26-25-18(12-28-9-8-14(2)27-28)29(23)11-17-7-6-10-33-17/h8-9,17H,5-7,10-13H2,1-4H3,(H,24,30)/t17-/m0/s1. The molecule has 4 rings (SSSR count). The topological polar surface area (TPSA) is 113 Å². The molecule has 1 aliphatic rings. The molecule has 1 aliphatic heterocycles. The van der Waals surface area contributed by atoms with E-state index in [1.807, 2.05) is 42.3 Å². The number of hydrogen-bond acceptors (Lipinski definition) is 9. The Morgan fingerprint density at radius 1 is 1.31 bits per heavy atom. The Kier molecular flexibility index (Phi) is 8.24. The van der Waals surface area contributed by atoms with Gasteiger partial charge in [0.15, 0.2) is 11.0 Å². The molecule has 1 atom stereocenters. The van der Waals surface area contributed by atoms with Gasteiger partial charge in [-0.2, -0.15) is 5.10 Å². The van der Waals surface area contributed by atoms with Crippen LogP contribution in [-0.4, -0.2) is 61.5 Å². The Bertz CT molecular complexity index is 1190. The fourth-order valence-corrected chi connectivity index (χ4v) is 5.70. The van der Waals surface area contributed by atoms with Gasteiger partial charge in [0.1, 0.15) is 11.5 Å². The van der Waals surface area contributed by atoms with Crippen molar-refractivity contribution >= 4 is 40.0 Å². The minimum Gasteiger partial charge on any atom is -0.462 e. The first kappa shape index (κ1) is 25.4. The highest BCUT2D eigenvalue weighted by atomic mass is 32.2. The predicted octanol–water partition coefficient (Wildman–Crippen LogP) is 3.60. The first-order valence-electron chi connectivity index (χ1n) is 11.6. The van der Waals surface area contributed by atoms with Gasteiger partial charge in [0, 0.05) is 17.7 Å². The number of aryl methyl sites for hydroxylation is 2. The largest absolute Gasteiger partial charge is 0.462 e. The third kappa shape index (κ3) is 6.11. The Morgan fingerprint density at radius 2 is 2.14 bits per heavy atom. The first-order valence-corrected chi connectivity index (χ1v) is 13.4. The van der Waals surface area contributed by atoms with E-state index in [4.69, 9.17) is 9.47 Å². The van der Waals surface area contributed by atoms with Gasteiger partial charge in [-0.15, -0.1) is 21.5 Å². The number of thioether (sulfide) groups is 1. The van der Waals surface area contributed by atoms with E-state index < -0.39 is 5.97 Å². The van der Waals surface area contributed by atoms with Gasteiger partial charge in [0.2, 0.25) is 5.91 Å². The van der Waals surface area contributed by atoms with Crippen LogP contribution in [0, 0.1) is 20.8 Å². The highest BCUT2D eigenvalue weighted by Crippen LogP contribution is 2.33. The molecule has 188 valence electrons. The Balaban J connectivity index is 1.46. The maximum Gasteiger partial charge on any atom is 0.341 e.